The summed E-state index contributed by atoms with van der Waals surface area (Å²) >= 11 is 6.10. The lowest BCUT2D eigenvalue weighted by molar-refractivity contribution is 0.0939. The van der Waals surface area contributed by atoms with Gasteiger partial charge in [0.1, 0.15) is 11.5 Å². The Bertz CT molecular complexity index is 473. The maximum Gasteiger partial charge on any atom is 0.271 e. The van der Waals surface area contributed by atoms with Gasteiger partial charge in [-0.3, -0.25) is 4.79 Å². The van der Waals surface area contributed by atoms with Gasteiger partial charge in [0.05, 0.1) is 5.02 Å². The summed E-state index contributed by atoms with van der Waals surface area (Å²) in [6, 6.07) is 3.53. The van der Waals surface area contributed by atoms with Gasteiger partial charge < -0.3 is 10.6 Å². The summed E-state index contributed by atoms with van der Waals surface area (Å²) in [7, 11) is 0. The van der Waals surface area contributed by atoms with Gasteiger partial charge in [-0.1, -0.05) is 37.8 Å². The minimum absolute atomic E-state index is 0.175. The number of carbonyl (C=O) groups excluding carboxylic acids is 1. The SMILES string of the molecule is CCCNc1ccc(Cl)c(C(=O)NCC2CCCCC2)n1. The number of rotatable bonds is 6. The van der Waals surface area contributed by atoms with Crippen LogP contribution in [-0.4, -0.2) is 24.0 Å². The highest BCUT2D eigenvalue weighted by Gasteiger charge is 2.17. The van der Waals surface area contributed by atoms with Crippen LogP contribution in [0.4, 0.5) is 5.82 Å². The van der Waals surface area contributed by atoms with E-state index in [4.69, 9.17) is 11.6 Å². The second-order valence-corrected chi connectivity index (χ2v) is 6.07. The number of amides is 1. The molecule has 21 heavy (non-hydrogen) atoms. The molecule has 0 bridgehead atoms. The molecule has 0 unspecified atom stereocenters. The van der Waals surface area contributed by atoms with Crippen molar-refractivity contribution in [1.82, 2.24) is 10.3 Å². The molecule has 0 aromatic carbocycles. The predicted octanol–water partition coefficient (Wildman–Crippen LogP) is 3.87. The van der Waals surface area contributed by atoms with E-state index in [1.54, 1.807) is 12.1 Å². The van der Waals surface area contributed by atoms with Gasteiger partial charge in [-0.05, 0) is 37.3 Å². The zero-order chi connectivity index (χ0) is 15.1. The first-order valence-electron chi connectivity index (χ1n) is 7.89. The molecular weight excluding hydrogens is 286 g/mol. The third kappa shape index (κ3) is 4.88. The van der Waals surface area contributed by atoms with Crippen LogP contribution in [0.5, 0.6) is 0 Å². The van der Waals surface area contributed by atoms with Crippen LogP contribution < -0.4 is 10.6 Å². The fraction of sp³-hybridized carbons (Fsp3) is 0.625. The van der Waals surface area contributed by atoms with Gasteiger partial charge in [-0.25, -0.2) is 4.98 Å². The van der Waals surface area contributed by atoms with Crippen molar-refractivity contribution in [3.05, 3.63) is 22.8 Å². The van der Waals surface area contributed by atoms with Gasteiger partial charge in [0, 0.05) is 13.1 Å². The molecule has 0 saturated heterocycles. The number of nitrogens with one attached hydrogen (secondary N) is 2. The fourth-order valence-corrected chi connectivity index (χ4v) is 2.86. The number of nitrogens with zero attached hydrogens (tertiary/aromatic N) is 1. The van der Waals surface area contributed by atoms with Crippen LogP contribution in [0.3, 0.4) is 0 Å². The van der Waals surface area contributed by atoms with Crippen LogP contribution in [0, 0.1) is 5.92 Å². The summed E-state index contributed by atoms with van der Waals surface area (Å²) in [5.41, 5.74) is 0.313. The van der Waals surface area contributed by atoms with Crippen molar-refractivity contribution in [2.45, 2.75) is 45.4 Å². The van der Waals surface area contributed by atoms with E-state index in [1.807, 2.05) is 0 Å². The van der Waals surface area contributed by atoms with E-state index in [0.717, 1.165) is 19.5 Å². The van der Waals surface area contributed by atoms with Crippen LogP contribution in [0.25, 0.3) is 0 Å². The number of halogens is 1. The molecule has 0 atom stereocenters. The first-order valence-corrected chi connectivity index (χ1v) is 8.27. The Labute approximate surface area is 131 Å². The average molecular weight is 310 g/mol. The number of aromatic nitrogens is 1. The van der Waals surface area contributed by atoms with E-state index in [2.05, 4.69) is 22.5 Å². The Kier molecular flexibility index (Phi) is 6.30. The van der Waals surface area contributed by atoms with E-state index in [0.29, 0.717) is 22.5 Å². The number of carbonyl (C=O) groups is 1. The van der Waals surface area contributed by atoms with Gasteiger partial charge >= 0.3 is 0 Å². The molecule has 0 radical (unpaired) electrons. The van der Waals surface area contributed by atoms with Crippen molar-refractivity contribution >= 4 is 23.3 Å². The summed E-state index contributed by atoms with van der Waals surface area (Å²) in [4.78, 5) is 16.6. The van der Waals surface area contributed by atoms with Gasteiger partial charge in [-0.15, -0.1) is 0 Å². The molecule has 0 aliphatic heterocycles. The van der Waals surface area contributed by atoms with Gasteiger partial charge in [0.15, 0.2) is 0 Å². The molecule has 0 spiro atoms. The van der Waals surface area contributed by atoms with E-state index >= 15 is 0 Å². The lowest BCUT2D eigenvalue weighted by Gasteiger charge is -2.21. The molecule has 1 aromatic rings. The second-order valence-electron chi connectivity index (χ2n) is 5.67. The summed E-state index contributed by atoms with van der Waals surface area (Å²) in [5, 5.41) is 6.55. The van der Waals surface area contributed by atoms with E-state index in [1.165, 1.54) is 32.1 Å². The molecule has 1 aliphatic rings. The second kappa shape index (κ2) is 8.23. The molecule has 1 heterocycles. The lowest BCUT2D eigenvalue weighted by Crippen LogP contribution is -2.31. The first kappa shape index (κ1) is 16.1. The largest absolute Gasteiger partial charge is 0.370 e. The molecule has 1 saturated carbocycles. The first-order chi connectivity index (χ1) is 10.2. The molecule has 1 fully saturated rings. The summed E-state index contributed by atoms with van der Waals surface area (Å²) in [6.45, 7) is 3.64. The number of hydrogen-bond acceptors (Lipinski definition) is 3. The maximum atomic E-state index is 12.2. The molecule has 1 aromatic heterocycles. The van der Waals surface area contributed by atoms with Crippen molar-refractivity contribution in [3.63, 3.8) is 0 Å². The van der Waals surface area contributed by atoms with Gasteiger partial charge in [0.25, 0.3) is 5.91 Å². The zero-order valence-electron chi connectivity index (χ0n) is 12.6. The van der Waals surface area contributed by atoms with Gasteiger partial charge in [0.2, 0.25) is 0 Å². The fourth-order valence-electron chi connectivity index (χ4n) is 2.66. The number of pyridine rings is 1. The molecule has 2 N–H and O–H groups in total. The zero-order valence-corrected chi connectivity index (χ0v) is 13.4. The smallest absolute Gasteiger partial charge is 0.271 e. The van der Waals surface area contributed by atoms with Crippen molar-refractivity contribution in [1.29, 1.82) is 0 Å². The predicted molar refractivity (Wildman–Crippen MR) is 86.9 cm³/mol. The topological polar surface area (TPSA) is 54.0 Å². The Morgan fingerprint density at radius 3 is 2.81 bits per heavy atom. The highest BCUT2D eigenvalue weighted by Crippen LogP contribution is 2.23. The number of hydrogen-bond donors (Lipinski definition) is 2. The van der Waals surface area contributed by atoms with E-state index < -0.39 is 0 Å². The maximum absolute atomic E-state index is 12.2. The normalized spacial score (nSPS) is 15.7. The monoisotopic (exact) mass is 309 g/mol. The Hall–Kier alpha value is -1.29. The van der Waals surface area contributed by atoms with Crippen molar-refractivity contribution < 1.29 is 4.79 Å². The molecular formula is C16H24ClN3O. The quantitative estimate of drug-likeness (QED) is 0.838. The van der Waals surface area contributed by atoms with Crippen LogP contribution >= 0.6 is 11.6 Å². The summed E-state index contributed by atoms with van der Waals surface area (Å²) in [6.07, 6.45) is 7.29. The molecule has 1 aliphatic carbocycles. The molecule has 4 nitrogen and oxygen atoms in total. The molecule has 1 amide bonds. The lowest BCUT2D eigenvalue weighted by atomic mass is 9.89. The van der Waals surface area contributed by atoms with Crippen molar-refractivity contribution in [2.75, 3.05) is 18.4 Å². The van der Waals surface area contributed by atoms with Crippen LogP contribution in [0.1, 0.15) is 55.9 Å². The average Bonchev–Trinajstić information content (AvgIpc) is 2.53. The highest BCUT2D eigenvalue weighted by atomic mass is 35.5. The summed E-state index contributed by atoms with van der Waals surface area (Å²) in [5.74, 6) is 1.12. The van der Waals surface area contributed by atoms with Crippen LogP contribution in [0.15, 0.2) is 12.1 Å². The van der Waals surface area contributed by atoms with Crippen molar-refractivity contribution in [3.8, 4) is 0 Å². The van der Waals surface area contributed by atoms with Gasteiger partial charge in [-0.2, -0.15) is 0 Å². The number of anilines is 1. The third-order valence-corrected chi connectivity index (χ3v) is 4.20. The molecule has 2 rings (SSSR count). The molecule has 116 valence electrons. The van der Waals surface area contributed by atoms with E-state index in [-0.39, 0.29) is 5.91 Å². The summed E-state index contributed by atoms with van der Waals surface area (Å²) < 4.78 is 0. The Morgan fingerprint density at radius 2 is 2.10 bits per heavy atom. The van der Waals surface area contributed by atoms with Crippen LogP contribution in [0.2, 0.25) is 5.02 Å². The minimum Gasteiger partial charge on any atom is -0.370 e. The van der Waals surface area contributed by atoms with Crippen LogP contribution in [-0.2, 0) is 0 Å². The Morgan fingerprint density at radius 1 is 1.33 bits per heavy atom. The molecule has 5 heteroatoms. The van der Waals surface area contributed by atoms with E-state index in [9.17, 15) is 4.79 Å². The Balaban J connectivity index is 1.93. The van der Waals surface area contributed by atoms with Crippen molar-refractivity contribution in [2.24, 2.45) is 5.92 Å². The third-order valence-electron chi connectivity index (χ3n) is 3.89. The minimum atomic E-state index is -0.175. The standard InChI is InChI=1S/C16H24ClN3O/c1-2-10-18-14-9-8-13(17)15(20-14)16(21)19-11-12-6-4-3-5-7-12/h8-9,12H,2-7,10-11H2,1H3,(H,18,20)(H,19,21). The highest BCUT2D eigenvalue weighted by molar-refractivity contribution is 6.33.